The average molecular weight is 291 g/mol. The standard InChI is InChI=1S/C16H25N3O2/c1-3-13-11-17-6-5-15(13)16(21)19-9-7-18(8-10-19)14(4-2)12-20/h5-6,11,14,20H,3-4,7-10,12H2,1-2H3. The number of rotatable bonds is 5. The number of aliphatic hydroxyl groups excluding tert-OH is 1. The highest BCUT2D eigenvalue weighted by Gasteiger charge is 2.26. The molecule has 1 aliphatic rings. The van der Waals surface area contributed by atoms with Crippen LogP contribution in [0.15, 0.2) is 18.5 Å². The third-order valence-electron chi connectivity index (χ3n) is 4.31. The van der Waals surface area contributed by atoms with Crippen LogP contribution in [0, 0.1) is 0 Å². The van der Waals surface area contributed by atoms with E-state index in [0.29, 0.717) is 0 Å². The first-order valence-electron chi connectivity index (χ1n) is 7.78. The first kappa shape index (κ1) is 15.9. The maximum absolute atomic E-state index is 12.6. The number of carbonyl (C=O) groups is 1. The lowest BCUT2D eigenvalue weighted by Gasteiger charge is -2.38. The fourth-order valence-electron chi connectivity index (χ4n) is 2.88. The lowest BCUT2D eigenvalue weighted by Crippen LogP contribution is -2.52. The fraction of sp³-hybridized carbons (Fsp3) is 0.625. The first-order chi connectivity index (χ1) is 10.2. The second-order valence-corrected chi connectivity index (χ2v) is 5.46. The molecule has 0 aliphatic carbocycles. The molecule has 1 saturated heterocycles. The minimum atomic E-state index is 0.103. The summed E-state index contributed by atoms with van der Waals surface area (Å²) in [6.45, 7) is 7.42. The average Bonchev–Trinajstić information content (AvgIpc) is 2.56. The zero-order valence-electron chi connectivity index (χ0n) is 13.0. The summed E-state index contributed by atoms with van der Waals surface area (Å²) in [4.78, 5) is 20.9. The van der Waals surface area contributed by atoms with E-state index in [4.69, 9.17) is 0 Å². The summed E-state index contributed by atoms with van der Waals surface area (Å²) < 4.78 is 0. The van der Waals surface area contributed by atoms with Gasteiger partial charge in [-0.1, -0.05) is 13.8 Å². The number of hydrogen-bond donors (Lipinski definition) is 1. The van der Waals surface area contributed by atoms with E-state index in [0.717, 1.165) is 50.1 Å². The van der Waals surface area contributed by atoms with Gasteiger partial charge in [0.25, 0.3) is 5.91 Å². The molecule has 0 bridgehead atoms. The Morgan fingerprint density at radius 1 is 1.33 bits per heavy atom. The molecule has 1 aromatic heterocycles. The van der Waals surface area contributed by atoms with E-state index in [-0.39, 0.29) is 18.6 Å². The molecule has 0 saturated carbocycles. The predicted octanol–water partition coefficient (Wildman–Crippen LogP) is 1.17. The highest BCUT2D eigenvalue weighted by molar-refractivity contribution is 5.95. The number of aliphatic hydroxyl groups is 1. The molecule has 1 aromatic rings. The minimum absolute atomic E-state index is 0.103. The number of aryl methyl sites for hydroxylation is 1. The third kappa shape index (κ3) is 3.60. The molecule has 1 aliphatic heterocycles. The van der Waals surface area contributed by atoms with Crippen molar-refractivity contribution in [2.75, 3.05) is 32.8 Å². The Hall–Kier alpha value is -1.46. The number of aromatic nitrogens is 1. The molecule has 1 amide bonds. The Labute approximate surface area is 126 Å². The van der Waals surface area contributed by atoms with Crippen molar-refractivity contribution in [2.24, 2.45) is 0 Å². The van der Waals surface area contributed by atoms with Gasteiger partial charge in [0.1, 0.15) is 0 Å². The molecule has 1 atom stereocenters. The normalized spacial score (nSPS) is 17.8. The number of pyridine rings is 1. The Balaban J connectivity index is 2.00. The third-order valence-corrected chi connectivity index (χ3v) is 4.31. The van der Waals surface area contributed by atoms with Crippen molar-refractivity contribution in [3.05, 3.63) is 29.6 Å². The second-order valence-electron chi connectivity index (χ2n) is 5.46. The van der Waals surface area contributed by atoms with E-state index >= 15 is 0 Å². The van der Waals surface area contributed by atoms with Crippen LogP contribution in [0.4, 0.5) is 0 Å². The molecule has 1 fully saturated rings. The summed E-state index contributed by atoms with van der Waals surface area (Å²) in [6.07, 6.45) is 5.22. The zero-order valence-corrected chi connectivity index (χ0v) is 13.0. The van der Waals surface area contributed by atoms with E-state index in [1.54, 1.807) is 12.4 Å². The molecule has 21 heavy (non-hydrogen) atoms. The van der Waals surface area contributed by atoms with Gasteiger partial charge in [0.15, 0.2) is 0 Å². The van der Waals surface area contributed by atoms with Crippen molar-refractivity contribution in [3.8, 4) is 0 Å². The van der Waals surface area contributed by atoms with Crippen molar-refractivity contribution in [3.63, 3.8) is 0 Å². The van der Waals surface area contributed by atoms with Crippen LogP contribution in [0.3, 0.4) is 0 Å². The van der Waals surface area contributed by atoms with Crippen molar-refractivity contribution in [1.82, 2.24) is 14.8 Å². The Kier molecular flexibility index (Phi) is 5.70. The summed E-state index contributed by atoms with van der Waals surface area (Å²) in [5.41, 5.74) is 1.78. The zero-order chi connectivity index (χ0) is 15.2. The first-order valence-corrected chi connectivity index (χ1v) is 7.78. The van der Waals surface area contributed by atoms with Gasteiger partial charge in [-0.25, -0.2) is 0 Å². The number of carbonyl (C=O) groups excluding carboxylic acids is 1. The molecule has 2 heterocycles. The highest BCUT2D eigenvalue weighted by atomic mass is 16.3. The molecule has 116 valence electrons. The van der Waals surface area contributed by atoms with Gasteiger partial charge < -0.3 is 10.0 Å². The van der Waals surface area contributed by atoms with Crippen LogP contribution in [0.5, 0.6) is 0 Å². The van der Waals surface area contributed by atoms with Crippen molar-refractivity contribution < 1.29 is 9.90 Å². The lowest BCUT2D eigenvalue weighted by molar-refractivity contribution is 0.0471. The van der Waals surface area contributed by atoms with Crippen LogP contribution in [-0.2, 0) is 6.42 Å². The number of nitrogens with zero attached hydrogens (tertiary/aromatic N) is 3. The molecule has 0 spiro atoms. The van der Waals surface area contributed by atoms with Crippen molar-refractivity contribution in [2.45, 2.75) is 32.7 Å². The van der Waals surface area contributed by atoms with Crippen molar-refractivity contribution in [1.29, 1.82) is 0 Å². The van der Waals surface area contributed by atoms with Gasteiger partial charge in [-0.05, 0) is 24.5 Å². The quantitative estimate of drug-likeness (QED) is 0.885. The highest BCUT2D eigenvalue weighted by Crippen LogP contribution is 2.15. The SMILES string of the molecule is CCc1cnccc1C(=O)N1CCN(C(CC)CO)CC1. The van der Waals surface area contributed by atoms with Crippen LogP contribution < -0.4 is 0 Å². The molecular formula is C16H25N3O2. The van der Waals surface area contributed by atoms with Gasteiger partial charge in [-0.15, -0.1) is 0 Å². The number of hydrogen-bond acceptors (Lipinski definition) is 4. The fourth-order valence-corrected chi connectivity index (χ4v) is 2.88. The van der Waals surface area contributed by atoms with Crippen LogP contribution in [0.25, 0.3) is 0 Å². The second kappa shape index (κ2) is 7.52. The molecule has 1 unspecified atom stereocenters. The summed E-state index contributed by atoms with van der Waals surface area (Å²) in [5.74, 6) is 0.103. The Bertz CT molecular complexity index is 466. The molecular weight excluding hydrogens is 266 g/mol. The van der Waals surface area contributed by atoms with E-state index in [9.17, 15) is 9.90 Å². The van der Waals surface area contributed by atoms with E-state index in [1.165, 1.54) is 0 Å². The summed E-state index contributed by atoms with van der Waals surface area (Å²) in [6, 6.07) is 2.03. The molecule has 0 radical (unpaired) electrons. The molecule has 0 aromatic carbocycles. The molecule has 1 N–H and O–H groups in total. The van der Waals surface area contributed by atoms with Crippen LogP contribution in [-0.4, -0.2) is 64.6 Å². The van der Waals surface area contributed by atoms with Gasteiger partial charge in [-0.2, -0.15) is 0 Å². The van der Waals surface area contributed by atoms with E-state index in [2.05, 4.69) is 16.8 Å². The smallest absolute Gasteiger partial charge is 0.254 e. The van der Waals surface area contributed by atoms with Gasteiger partial charge in [0.05, 0.1) is 6.61 Å². The summed E-state index contributed by atoms with van der Waals surface area (Å²) in [7, 11) is 0. The molecule has 2 rings (SSSR count). The Morgan fingerprint density at radius 3 is 2.62 bits per heavy atom. The topological polar surface area (TPSA) is 56.7 Å². The molecule has 5 heteroatoms. The summed E-state index contributed by atoms with van der Waals surface area (Å²) >= 11 is 0. The molecule has 5 nitrogen and oxygen atoms in total. The predicted molar refractivity (Wildman–Crippen MR) is 82.3 cm³/mol. The van der Waals surface area contributed by atoms with Gasteiger partial charge in [-0.3, -0.25) is 14.7 Å². The van der Waals surface area contributed by atoms with Crippen LogP contribution in [0.1, 0.15) is 36.2 Å². The van der Waals surface area contributed by atoms with Gasteiger partial charge in [0.2, 0.25) is 0 Å². The maximum Gasteiger partial charge on any atom is 0.254 e. The monoisotopic (exact) mass is 291 g/mol. The van der Waals surface area contributed by atoms with Crippen LogP contribution in [0.2, 0.25) is 0 Å². The van der Waals surface area contributed by atoms with Gasteiger partial charge >= 0.3 is 0 Å². The maximum atomic E-state index is 12.6. The van der Waals surface area contributed by atoms with Crippen LogP contribution >= 0.6 is 0 Å². The lowest BCUT2D eigenvalue weighted by atomic mass is 10.1. The summed E-state index contributed by atoms with van der Waals surface area (Å²) in [5, 5.41) is 9.37. The minimum Gasteiger partial charge on any atom is -0.395 e. The largest absolute Gasteiger partial charge is 0.395 e. The Morgan fingerprint density at radius 2 is 2.05 bits per heavy atom. The number of amides is 1. The van der Waals surface area contributed by atoms with E-state index < -0.39 is 0 Å². The van der Waals surface area contributed by atoms with Gasteiger partial charge in [0, 0.05) is 50.2 Å². The number of piperazine rings is 1. The van der Waals surface area contributed by atoms with Crippen molar-refractivity contribution >= 4 is 5.91 Å². The van der Waals surface area contributed by atoms with E-state index in [1.807, 2.05) is 17.9 Å².